The SMILES string of the molecule is Cc1ccc(S(=O)(=O)O)cc1N=S(=O)=O.Nc1ccccc1Cl. The molecule has 2 aromatic rings. The van der Waals surface area contributed by atoms with Gasteiger partial charge in [-0.3, -0.25) is 4.55 Å². The van der Waals surface area contributed by atoms with Crippen LogP contribution in [-0.4, -0.2) is 21.4 Å². The van der Waals surface area contributed by atoms with Crippen molar-refractivity contribution in [3.05, 3.63) is 53.1 Å². The lowest BCUT2D eigenvalue weighted by Gasteiger charge is -2.00. The Morgan fingerprint density at radius 1 is 1.17 bits per heavy atom. The van der Waals surface area contributed by atoms with Gasteiger partial charge >= 0.3 is 10.5 Å². The van der Waals surface area contributed by atoms with E-state index in [2.05, 4.69) is 4.36 Å². The maximum absolute atomic E-state index is 10.7. The molecule has 3 N–H and O–H groups in total. The van der Waals surface area contributed by atoms with Crippen molar-refractivity contribution < 1.29 is 21.4 Å². The van der Waals surface area contributed by atoms with E-state index in [-0.39, 0.29) is 5.69 Å². The normalized spacial score (nSPS) is 10.4. The van der Waals surface area contributed by atoms with Crippen molar-refractivity contribution in [3.8, 4) is 0 Å². The summed E-state index contributed by atoms with van der Waals surface area (Å²) in [7, 11) is -7.00. The minimum absolute atomic E-state index is 0.0153. The van der Waals surface area contributed by atoms with Gasteiger partial charge in [0.1, 0.15) is 0 Å². The second kappa shape index (κ2) is 8.06. The van der Waals surface area contributed by atoms with Crippen LogP contribution in [-0.2, 0) is 20.6 Å². The van der Waals surface area contributed by atoms with Crippen LogP contribution in [0.25, 0.3) is 0 Å². The summed E-state index contributed by atoms with van der Waals surface area (Å²) in [6, 6.07) is 10.7. The van der Waals surface area contributed by atoms with E-state index in [0.717, 1.165) is 12.1 Å². The maximum atomic E-state index is 10.7. The number of hydrogen-bond acceptors (Lipinski definition) is 6. The summed E-state index contributed by atoms with van der Waals surface area (Å²) in [5.74, 6) is 0. The van der Waals surface area contributed by atoms with Crippen LogP contribution in [0.1, 0.15) is 5.56 Å². The predicted octanol–water partition coefficient (Wildman–Crippen LogP) is 2.86. The molecule has 0 radical (unpaired) electrons. The number of aryl methyl sites for hydroxylation is 1. The Bertz CT molecular complexity index is 912. The Balaban J connectivity index is 0.000000277. The van der Waals surface area contributed by atoms with Crippen LogP contribution in [0.4, 0.5) is 11.4 Å². The highest BCUT2D eigenvalue weighted by molar-refractivity contribution is 7.85. The fourth-order valence-corrected chi connectivity index (χ4v) is 2.40. The van der Waals surface area contributed by atoms with E-state index in [0.29, 0.717) is 16.3 Å². The van der Waals surface area contributed by atoms with E-state index in [4.69, 9.17) is 21.9 Å². The predicted molar refractivity (Wildman–Crippen MR) is 87.9 cm³/mol. The van der Waals surface area contributed by atoms with Gasteiger partial charge in [0.2, 0.25) is 0 Å². The van der Waals surface area contributed by atoms with Crippen LogP contribution in [0.3, 0.4) is 0 Å². The van der Waals surface area contributed by atoms with E-state index in [1.807, 2.05) is 12.1 Å². The van der Waals surface area contributed by atoms with E-state index >= 15 is 0 Å². The van der Waals surface area contributed by atoms with Gasteiger partial charge in [0.25, 0.3) is 10.1 Å². The summed E-state index contributed by atoms with van der Waals surface area (Å²) in [5, 5.41) is 0.618. The van der Waals surface area contributed by atoms with E-state index < -0.39 is 25.5 Å². The fraction of sp³-hybridized carbons (Fsp3) is 0.0769. The number of nitrogens with two attached hydrogens (primary N) is 1. The molecular formula is C13H13ClN2O5S2. The average molecular weight is 377 g/mol. The number of rotatable bonds is 2. The highest BCUT2D eigenvalue weighted by atomic mass is 35.5. The molecule has 124 valence electrons. The second-order valence-electron chi connectivity index (χ2n) is 4.25. The number of nitrogen functional groups attached to an aromatic ring is 1. The van der Waals surface area contributed by atoms with Crippen LogP contribution in [0.15, 0.2) is 51.7 Å². The van der Waals surface area contributed by atoms with Crippen molar-refractivity contribution in [2.45, 2.75) is 11.8 Å². The van der Waals surface area contributed by atoms with Crippen LogP contribution in [0, 0.1) is 6.92 Å². The van der Waals surface area contributed by atoms with Crippen LogP contribution in [0.2, 0.25) is 5.02 Å². The van der Waals surface area contributed by atoms with Crippen molar-refractivity contribution in [2.24, 2.45) is 4.36 Å². The topological polar surface area (TPSA) is 127 Å². The van der Waals surface area contributed by atoms with Crippen molar-refractivity contribution in [2.75, 3.05) is 5.73 Å². The van der Waals surface area contributed by atoms with Crippen LogP contribution in [0.5, 0.6) is 0 Å². The Morgan fingerprint density at radius 2 is 1.78 bits per heavy atom. The Kier molecular flexibility index (Phi) is 6.70. The number of anilines is 1. The van der Waals surface area contributed by atoms with Gasteiger partial charge in [-0.1, -0.05) is 29.8 Å². The number of nitrogens with zero attached hydrogens (tertiary/aromatic N) is 1. The molecule has 0 saturated carbocycles. The molecule has 0 aromatic heterocycles. The van der Waals surface area contributed by atoms with Gasteiger partial charge < -0.3 is 5.73 Å². The number of benzene rings is 2. The van der Waals surface area contributed by atoms with E-state index in [1.54, 1.807) is 19.1 Å². The molecule has 0 spiro atoms. The first kappa shape index (κ1) is 19.1. The number of hydrogen-bond donors (Lipinski definition) is 2. The first-order chi connectivity index (χ1) is 10.6. The average Bonchev–Trinajstić information content (AvgIpc) is 2.43. The number of para-hydroxylation sites is 1. The molecule has 23 heavy (non-hydrogen) atoms. The van der Waals surface area contributed by atoms with E-state index in [9.17, 15) is 16.8 Å². The van der Waals surface area contributed by atoms with Gasteiger partial charge in [0, 0.05) is 0 Å². The Morgan fingerprint density at radius 3 is 2.22 bits per heavy atom. The minimum Gasteiger partial charge on any atom is -0.398 e. The quantitative estimate of drug-likeness (QED) is 0.612. The molecule has 0 aliphatic carbocycles. The summed E-state index contributed by atoms with van der Waals surface area (Å²) < 4.78 is 54.0. The van der Waals surface area contributed by atoms with Gasteiger partial charge in [-0.15, -0.1) is 4.36 Å². The third kappa shape index (κ3) is 6.37. The molecule has 10 heteroatoms. The molecule has 0 saturated heterocycles. The van der Waals surface area contributed by atoms with Crippen molar-refractivity contribution in [1.29, 1.82) is 0 Å². The Labute approximate surface area is 140 Å². The smallest absolute Gasteiger partial charge is 0.316 e. The summed E-state index contributed by atoms with van der Waals surface area (Å²) in [6.45, 7) is 1.57. The third-order valence-corrected chi connectivity index (χ3v) is 4.10. The van der Waals surface area contributed by atoms with Crippen molar-refractivity contribution in [3.63, 3.8) is 0 Å². The molecule has 0 fully saturated rings. The summed E-state index contributed by atoms with van der Waals surface area (Å²) >= 11 is 5.58. The van der Waals surface area contributed by atoms with E-state index in [1.165, 1.54) is 6.07 Å². The summed E-state index contributed by atoms with van der Waals surface area (Å²) in [5.41, 5.74) is 6.50. The Hall–Kier alpha value is -1.94. The molecule has 0 unspecified atom stereocenters. The van der Waals surface area contributed by atoms with Gasteiger partial charge in [-0.2, -0.15) is 16.8 Å². The van der Waals surface area contributed by atoms with Crippen molar-refractivity contribution in [1.82, 2.24) is 0 Å². The molecule has 0 heterocycles. The fourth-order valence-electron chi connectivity index (χ4n) is 1.40. The highest BCUT2D eigenvalue weighted by Gasteiger charge is 2.11. The molecule has 7 nitrogen and oxygen atoms in total. The highest BCUT2D eigenvalue weighted by Crippen LogP contribution is 2.22. The lowest BCUT2D eigenvalue weighted by Crippen LogP contribution is -1.97. The van der Waals surface area contributed by atoms with Gasteiger partial charge in [0.05, 0.1) is 21.3 Å². The zero-order valence-electron chi connectivity index (χ0n) is 11.8. The molecule has 2 aromatic carbocycles. The van der Waals surface area contributed by atoms with Gasteiger partial charge in [0.15, 0.2) is 0 Å². The molecule has 0 atom stereocenters. The third-order valence-electron chi connectivity index (χ3n) is 2.56. The van der Waals surface area contributed by atoms with Crippen molar-refractivity contribution >= 4 is 43.6 Å². The molecule has 0 aliphatic rings. The zero-order valence-corrected chi connectivity index (χ0v) is 14.2. The lowest BCUT2D eigenvalue weighted by atomic mass is 10.2. The summed E-state index contributed by atoms with van der Waals surface area (Å²) in [6.07, 6.45) is 0. The second-order valence-corrected chi connectivity index (χ2v) is 6.70. The first-order valence-corrected chi connectivity index (χ1v) is 8.85. The maximum Gasteiger partial charge on any atom is 0.316 e. The molecule has 0 aliphatic heterocycles. The minimum atomic E-state index is -4.34. The number of halogens is 1. The molecular weight excluding hydrogens is 364 g/mol. The summed E-state index contributed by atoms with van der Waals surface area (Å²) in [4.78, 5) is -0.391. The largest absolute Gasteiger partial charge is 0.398 e. The first-order valence-electron chi connectivity index (χ1n) is 6.00. The lowest BCUT2D eigenvalue weighted by molar-refractivity contribution is 0.483. The molecule has 0 bridgehead atoms. The monoisotopic (exact) mass is 376 g/mol. The zero-order chi connectivity index (χ0) is 17.6. The van der Waals surface area contributed by atoms with Crippen LogP contribution >= 0.6 is 11.6 Å². The standard InChI is InChI=1S/C7H7NO5S2.C6H6ClN/c1-5-2-3-6(15(11,12)13)4-7(5)8-14(9)10;7-5-3-1-2-4-6(5)8/h2-4H,1H3,(H,11,12,13);1-4H,8H2. The van der Waals surface area contributed by atoms with Crippen LogP contribution < -0.4 is 5.73 Å². The van der Waals surface area contributed by atoms with Gasteiger partial charge in [-0.25, -0.2) is 0 Å². The molecule has 0 amide bonds. The van der Waals surface area contributed by atoms with Gasteiger partial charge in [-0.05, 0) is 36.8 Å². The molecule has 2 rings (SSSR count).